The fourth-order valence-corrected chi connectivity index (χ4v) is 0. The van der Waals surface area contributed by atoms with E-state index in [0.717, 1.165) is 0 Å². The van der Waals surface area contributed by atoms with Crippen molar-refractivity contribution in [1.29, 1.82) is 0 Å². The van der Waals surface area contributed by atoms with Crippen molar-refractivity contribution >= 4 is 18.4 Å². The molecule has 0 spiro atoms. The van der Waals surface area contributed by atoms with Gasteiger partial charge in [0.05, 0.1) is 0 Å². The molecular formula is C4H12OSn. The van der Waals surface area contributed by atoms with Crippen molar-refractivity contribution < 1.29 is 5.11 Å². The first-order valence-corrected chi connectivity index (χ1v) is 12.8. The Hall–Kier alpha value is 0.759. The number of aliphatic hydroxyl groups is 1. The van der Waals surface area contributed by atoms with Crippen LogP contribution in [0, 0.1) is 0 Å². The number of rotatable bonds is 1. The summed E-state index contributed by atoms with van der Waals surface area (Å²) in [6.07, 6.45) is 0. The molecule has 0 aromatic rings. The van der Waals surface area contributed by atoms with Crippen LogP contribution in [0.1, 0.15) is 0 Å². The van der Waals surface area contributed by atoms with Gasteiger partial charge in [0, 0.05) is 0 Å². The normalized spacial score (nSPS) is 12.0. The first-order valence-electron chi connectivity index (χ1n) is 2.17. The third-order valence-corrected chi connectivity index (χ3v) is 3.18. The monoisotopic (exact) mass is 196 g/mol. The summed E-state index contributed by atoms with van der Waals surface area (Å²) >= 11 is -1.68. The molecule has 1 N–H and O–H groups in total. The van der Waals surface area contributed by atoms with Gasteiger partial charge < -0.3 is 0 Å². The summed E-state index contributed by atoms with van der Waals surface area (Å²) in [5, 5.41) is 8.50. The predicted molar refractivity (Wildman–Crippen MR) is 30.4 cm³/mol. The van der Waals surface area contributed by atoms with Crippen LogP contribution in [0.5, 0.6) is 0 Å². The summed E-state index contributed by atoms with van der Waals surface area (Å²) < 4.78 is 0.481. The van der Waals surface area contributed by atoms with Crippen LogP contribution in [0.3, 0.4) is 0 Å². The molecular weight excluding hydrogens is 183 g/mol. The SMILES string of the molecule is [CH3][Sn]([CH3])([CH3])[CH2]O. The van der Waals surface area contributed by atoms with Gasteiger partial charge in [-0.2, -0.15) is 0 Å². The Morgan fingerprint density at radius 3 is 1.50 bits per heavy atom. The quantitative estimate of drug-likeness (QED) is 0.615. The number of hydrogen-bond acceptors (Lipinski definition) is 1. The molecule has 0 heterocycles. The zero-order valence-corrected chi connectivity index (χ0v) is 7.51. The average molecular weight is 195 g/mol. The van der Waals surface area contributed by atoms with Crippen molar-refractivity contribution in [3.63, 3.8) is 0 Å². The van der Waals surface area contributed by atoms with E-state index in [2.05, 4.69) is 14.8 Å². The van der Waals surface area contributed by atoms with E-state index >= 15 is 0 Å². The van der Waals surface area contributed by atoms with Gasteiger partial charge in [0.1, 0.15) is 0 Å². The Morgan fingerprint density at radius 1 is 1.33 bits per heavy atom. The van der Waals surface area contributed by atoms with Crippen molar-refractivity contribution in [2.75, 3.05) is 4.62 Å². The molecule has 0 atom stereocenters. The molecule has 2 heteroatoms. The molecule has 0 aliphatic carbocycles. The molecule has 6 heavy (non-hydrogen) atoms. The molecule has 0 aliphatic rings. The topological polar surface area (TPSA) is 20.2 Å². The summed E-state index contributed by atoms with van der Waals surface area (Å²) in [6, 6.07) is 0. The predicted octanol–water partition coefficient (Wildman–Crippen LogP) is 0.856. The average Bonchev–Trinajstić information content (AvgIpc) is 1.35. The third-order valence-electron chi connectivity index (χ3n) is 0.474. The molecule has 1 nitrogen and oxygen atoms in total. The summed E-state index contributed by atoms with van der Waals surface area (Å²) in [5.41, 5.74) is 0. The van der Waals surface area contributed by atoms with Crippen LogP contribution in [0.25, 0.3) is 0 Å². The molecule has 0 aromatic heterocycles. The number of aliphatic hydroxyl groups excluding tert-OH is 1. The summed E-state index contributed by atoms with van der Waals surface area (Å²) in [7, 11) is 0. The third kappa shape index (κ3) is 4.76. The van der Waals surface area contributed by atoms with Gasteiger partial charge in [-0.1, -0.05) is 0 Å². The fraction of sp³-hybridized carbons (Fsp3) is 1.00. The van der Waals surface area contributed by atoms with Gasteiger partial charge in [0.2, 0.25) is 0 Å². The van der Waals surface area contributed by atoms with E-state index in [9.17, 15) is 0 Å². The van der Waals surface area contributed by atoms with E-state index in [1.54, 1.807) is 0 Å². The van der Waals surface area contributed by atoms with Crippen LogP contribution in [-0.4, -0.2) is 28.1 Å². The Morgan fingerprint density at radius 2 is 1.50 bits per heavy atom. The van der Waals surface area contributed by atoms with E-state index in [4.69, 9.17) is 5.11 Å². The molecule has 0 bridgehead atoms. The first-order chi connectivity index (χ1) is 2.56. The minimum absolute atomic E-state index is 0.481. The van der Waals surface area contributed by atoms with Crippen LogP contribution in [-0.2, 0) is 0 Å². The second kappa shape index (κ2) is 2.17. The molecule has 38 valence electrons. The van der Waals surface area contributed by atoms with Crippen LogP contribution in [0.4, 0.5) is 0 Å². The van der Waals surface area contributed by atoms with Gasteiger partial charge in [-0.15, -0.1) is 0 Å². The Bertz CT molecular complexity index is 37.3. The van der Waals surface area contributed by atoms with Gasteiger partial charge in [0.25, 0.3) is 0 Å². The van der Waals surface area contributed by atoms with Gasteiger partial charge in [-0.3, -0.25) is 0 Å². The molecule has 0 amide bonds. The zero-order valence-electron chi connectivity index (χ0n) is 4.65. The van der Waals surface area contributed by atoms with Crippen molar-refractivity contribution in [1.82, 2.24) is 0 Å². The Kier molecular flexibility index (Phi) is 2.44. The Balaban J connectivity index is 3.17. The number of hydrogen-bond donors (Lipinski definition) is 1. The zero-order chi connectivity index (χ0) is 5.21. The van der Waals surface area contributed by atoms with Crippen LogP contribution in [0.15, 0.2) is 0 Å². The van der Waals surface area contributed by atoms with Crippen molar-refractivity contribution in [2.45, 2.75) is 14.8 Å². The maximum atomic E-state index is 8.50. The summed E-state index contributed by atoms with van der Waals surface area (Å²) in [4.78, 5) is 6.61. The van der Waals surface area contributed by atoms with E-state index < -0.39 is 18.4 Å². The van der Waals surface area contributed by atoms with E-state index in [-0.39, 0.29) is 0 Å². The fourth-order valence-electron chi connectivity index (χ4n) is 0. The van der Waals surface area contributed by atoms with Crippen molar-refractivity contribution in [2.24, 2.45) is 0 Å². The van der Waals surface area contributed by atoms with Crippen LogP contribution >= 0.6 is 0 Å². The first kappa shape index (κ1) is 6.76. The van der Waals surface area contributed by atoms with Crippen LogP contribution in [0.2, 0.25) is 14.8 Å². The van der Waals surface area contributed by atoms with Crippen molar-refractivity contribution in [3.8, 4) is 0 Å². The summed E-state index contributed by atoms with van der Waals surface area (Å²) in [5.74, 6) is 0. The summed E-state index contributed by atoms with van der Waals surface area (Å²) in [6.45, 7) is 0. The standard InChI is InChI=1S/CH3O.3CH3.Sn/c1-2;;;;/h2H,1H2;3*1H3;. The molecule has 0 fully saturated rings. The van der Waals surface area contributed by atoms with Gasteiger partial charge >= 0.3 is 42.9 Å². The molecule has 0 aliphatic heterocycles. The van der Waals surface area contributed by atoms with Gasteiger partial charge in [-0.25, -0.2) is 0 Å². The molecule has 0 radical (unpaired) electrons. The minimum atomic E-state index is -1.68. The molecule has 0 saturated heterocycles. The van der Waals surface area contributed by atoms with E-state index in [0.29, 0.717) is 4.62 Å². The van der Waals surface area contributed by atoms with Crippen LogP contribution < -0.4 is 0 Å². The second-order valence-electron chi connectivity index (χ2n) is 2.72. The second-order valence-corrected chi connectivity index (χ2v) is 18.2. The molecule has 0 rings (SSSR count). The van der Waals surface area contributed by atoms with E-state index in [1.165, 1.54) is 0 Å². The molecule has 0 saturated carbocycles. The van der Waals surface area contributed by atoms with Crippen molar-refractivity contribution in [3.05, 3.63) is 0 Å². The molecule has 0 aromatic carbocycles. The van der Waals surface area contributed by atoms with Gasteiger partial charge in [0.15, 0.2) is 0 Å². The van der Waals surface area contributed by atoms with Gasteiger partial charge in [-0.05, 0) is 0 Å². The van der Waals surface area contributed by atoms with E-state index in [1.807, 2.05) is 0 Å². The maximum absolute atomic E-state index is 8.50. The molecule has 0 unspecified atom stereocenters. The Labute approximate surface area is 43.2 Å².